The third-order valence-electron chi connectivity index (χ3n) is 2.59. The van der Waals surface area contributed by atoms with Gasteiger partial charge in [0.2, 0.25) is 0 Å². The fourth-order valence-electron chi connectivity index (χ4n) is 1.90. The van der Waals surface area contributed by atoms with Crippen LogP contribution in [0.4, 0.5) is 4.79 Å². The topological polar surface area (TPSA) is 44.4 Å². The van der Waals surface area contributed by atoms with Crippen LogP contribution in [0, 0.1) is 0 Å². The van der Waals surface area contributed by atoms with Gasteiger partial charge in [-0.2, -0.15) is 0 Å². The van der Waals surface area contributed by atoms with Crippen molar-refractivity contribution in [1.82, 2.24) is 15.5 Å². The molecule has 2 heterocycles. The van der Waals surface area contributed by atoms with E-state index in [1.54, 1.807) is 0 Å². The lowest BCUT2D eigenvalue weighted by Gasteiger charge is -2.32. The Bertz CT molecular complexity index is 177. The molecule has 1 atom stereocenters. The minimum atomic E-state index is 0.120. The third-order valence-corrected chi connectivity index (χ3v) is 2.59. The van der Waals surface area contributed by atoms with Gasteiger partial charge in [0.15, 0.2) is 0 Å². The molecule has 2 rings (SSSR count). The number of hydrogen-bond acceptors (Lipinski definition) is 2. The lowest BCUT2D eigenvalue weighted by molar-refractivity contribution is 0.166. The van der Waals surface area contributed by atoms with E-state index >= 15 is 0 Å². The first-order valence-electron chi connectivity index (χ1n) is 4.63. The first kappa shape index (κ1) is 7.86. The molecule has 0 spiro atoms. The zero-order valence-corrected chi connectivity index (χ0v) is 7.18. The number of carbonyl (C=O) groups is 1. The van der Waals surface area contributed by atoms with Gasteiger partial charge in [-0.1, -0.05) is 0 Å². The van der Waals surface area contributed by atoms with Crippen molar-refractivity contribution in [3.05, 3.63) is 0 Å². The van der Waals surface area contributed by atoms with Crippen LogP contribution in [0.1, 0.15) is 12.8 Å². The minimum Gasteiger partial charge on any atom is -0.338 e. The molecular weight excluding hydrogens is 154 g/mol. The number of hydrogen-bond donors (Lipinski definition) is 2. The summed E-state index contributed by atoms with van der Waals surface area (Å²) in [4.78, 5) is 13.3. The Hall–Kier alpha value is -0.770. The van der Waals surface area contributed by atoms with E-state index in [1.165, 1.54) is 0 Å². The Kier molecular flexibility index (Phi) is 2.17. The highest BCUT2D eigenvalue weighted by atomic mass is 16.2. The Labute approximate surface area is 72.3 Å². The van der Waals surface area contributed by atoms with Gasteiger partial charge < -0.3 is 15.5 Å². The number of nitrogens with one attached hydrogen (secondary N) is 2. The van der Waals surface area contributed by atoms with Gasteiger partial charge in [-0.25, -0.2) is 4.79 Å². The standard InChI is InChI=1S/C8H15N3O/c12-8-10-3-1-5-11(8)7-2-4-9-6-7/h7,9H,1-6H2,(H,10,12)/t7-/m1/s1. The Morgan fingerprint density at radius 3 is 3.00 bits per heavy atom. The maximum absolute atomic E-state index is 11.4. The van der Waals surface area contributed by atoms with E-state index in [0.29, 0.717) is 6.04 Å². The molecule has 2 aliphatic rings. The first-order valence-corrected chi connectivity index (χ1v) is 4.63. The summed E-state index contributed by atoms with van der Waals surface area (Å²) in [7, 11) is 0. The van der Waals surface area contributed by atoms with Crippen molar-refractivity contribution in [2.75, 3.05) is 26.2 Å². The van der Waals surface area contributed by atoms with Crippen molar-refractivity contribution < 1.29 is 4.79 Å². The number of rotatable bonds is 1. The average molecular weight is 169 g/mol. The number of urea groups is 1. The summed E-state index contributed by atoms with van der Waals surface area (Å²) in [6, 6.07) is 0.556. The fraction of sp³-hybridized carbons (Fsp3) is 0.875. The summed E-state index contributed by atoms with van der Waals surface area (Å²) in [5.74, 6) is 0. The normalized spacial score (nSPS) is 30.5. The molecule has 0 aromatic rings. The van der Waals surface area contributed by atoms with E-state index in [1.807, 2.05) is 4.90 Å². The summed E-state index contributed by atoms with van der Waals surface area (Å²) in [6.45, 7) is 3.79. The smallest absolute Gasteiger partial charge is 0.317 e. The van der Waals surface area contributed by atoms with Crippen LogP contribution in [0.3, 0.4) is 0 Å². The molecule has 2 fully saturated rings. The molecule has 0 aliphatic carbocycles. The molecule has 0 unspecified atom stereocenters. The Balaban J connectivity index is 1.95. The third kappa shape index (κ3) is 1.39. The van der Waals surface area contributed by atoms with E-state index in [2.05, 4.69) is 10.6 Å². The van der Waals surface area contributed by atoms with Crippen LogP contribution in [0.15, 0.2) is 0 Å². The van der Waals surface area contributed by atoms with E-state index < -0.39 is 0 Å². The molecule has 4 heteroatoms. The van der Waals surface area contributed by atoms with Crippen LogP contribution in [-0.2, 0) is 0 Å². The van der Waals surface area contributed by atoms with Crippen molar-refractivity contribution >= 4 is 6.03 Å². The first-order chi connectivity index (χ1) is 5.88. The van der Waals surface area contributed by atoms with E-state index in [-0.39, 0.29) is 6.03 Å². The largest absolute Gasteiger partial charge is 0.338 e. The minimum absolute atomic E-state index is 0.120. The highest BCUT2D eigenvalue weighted by molar-refractivity contribution is 5.75. The SMILES string of the molecule is O=C1NCCCN1[C@@H]1CCNC1. The molecular formula is C8H15N3O. The Morgan fingerprint density at radius 1 is 1.42 bits per heavy atom. The van der Waals surface area contributed by atoms with Crippen molar-refractivity contribution in [2.24, 2.45) is 0 Å². The monoisotopic (exact) mass is 169 g/mol. The predicted octanol–water partition coefficient (Wildman–Crippen LogP) is -0.236. The van der Waals surface area contributed by atoms with Gasteiger partial charge in [-0.05, 0) is 19.4 Å². The van der Waals surface area contributed by atoms with Crippen molar-refractivity contribution in [1.29, 1.82) is 0 Å². The van der Waals surface area contributed by atoms with Crippen LogP contribution in [-0.4, -0.2) is 43.2 Å². The zero-order chi connectivity index (χ0) is 8.39. The molecule has 0 aromatic carbocycles. The molecule has 4 nitrogen and oxygen atoms in total. The predicted molar refractivity (Wildman–Crippen MR) is 46.0 cm³/mol. The van der Waals surface area contributed by atoms with Crippen molar-refractivity contribution in [2.45, 2.75) is 18.9 Å². The van der Waals surface area contributed by atoms with Crippen molar-refractivity contribution in [3.8, 4) is 0 Å². The van der Waals surface area contributed by atoms with E-state index in [9.17, 15) is 4.79 Å². The number of carbonyl (C=O) groups excluding carboxylic acids is 1. The van der Waals surface area contributed by atoms with E-state index in [4.69, 9.17) is 0 Å². The van der Waals surface area contributed by atoms with Crippen LogP contribution in [0.5, 0.6) is 0 Å². The van der Waals surface area contributed by atoms with Crippen LogP contribution in [0.25, 0.3) is 0 Å². The molecule has 0 bridgehead atoms. The van der Waals surface area contributed by atoms with Crippen molar-refractivity contribution in [3.63, 3.8) is 0 Å². The second-order valence-corrected chi connectivity index (χ2v) is 3.43. The maximum Gasteiger partial charge on any atom is 0.317 e. The lowest BCUT2D eigenvalue weighted by atomic mass is 10.2. The zero-order valence-electron chi connectivity index (χ0n) is 7.18. The highest BCUT2D eigenvalue weighted by Crippen LogP contribution is 2.11. The molecule has 2 saturated heterocycles. The van der Waals surface area contributed by atoms with Gasteiger partial charge in [0.05, 0.1) is 0 Å². The quantitative estimate of drug-likeness (QED) is 0.569. The molecule has 0 aromatic heterocycles. The van der Waals surface area contributed by atoms with Crippen LogP contribution < -0.4 is 10.6 Å². The fourth-order valence-corrected chi connectivity index (χ4v) is 1.90. The van der Waals surface area contributed by atoms with Crippen LogP contribution >= 0.6 is 0 Å². The lowest BCUT2D eigenvalue weighted by Crippen LogP contribution is -2.51. The number of amides is 2. The second-order valence-electron chi connectivity index (χ2n) is 3.43. The van der Waals surface area contributed by atoms with Gasteiger partial charge >= 0.3 is 6.03 Å². The van der Waals surface area contributed by atoms with Crippen LogP contribution in [0.2, 0.25) is 0 Å². The second kappa shape index (κ2) is 3.31. The van der Waals surface area contributed by atoms with Gasteiger partial charge in [-0.3, -0.25) is 0 Å². The molecule has 68 valence electrons. The summed E-state index contributed by atoms with van der Waals surface area (Å²) in [5.41, 5.74) is 0. The van der Waals surface area contributed by atoms with E-state index in [0.717, 1.165) is 39.0 Å². The Morgan fingerprint density at radius 2 is 2.33 bits per heavy atom. The highest BCUT2D eigenvalue weighted by Gasteiger charge is 2.27. The molecule has 2 N–H and O–H groups in total. The van der Waals surface area contributed by atoms with Gasteiger partial charge in [0.25, 0.3) is 0 Å². The molecule has 2 aliphatic heterocycles. The molecule has 12 heavy (non-hydrogen) atoms. The maximum atomic E-state index is 11.4. The van der Waals surface area contributed by atoms with Gasteiger partial charge in [-0.15, -0.1) is 0 Å². The summed E-state index contributed by atoms with van der Waals surface area (Å²) in [5, 5.41) is 6.14. The number of nitrogens with zero attached hydrogens (tertiary/aromatic N) is 1. The molecule has 0 radical (unpaired) electrons. The summed E-state index contributed by atoms with van der Waals surface area (Å²) >= 11 is 0. The van der Waals surface area contributed by atoms with Gasteiger partial charge in [0.1, 0.15) is 0 Å². The van der Waals surface area contributed by atoms with Gasteiger partial charge in [0, 0.05) is 25.7 Å². The molecule has 0 saturated carbocycles. The summed E-state index contributed by atoms with van der Waals surface area (Å²) < 4.78 is 0. The average Bonchev–Trinajstić information content (AvgIpc) is 2.57. The molecule has 2 amide bonds. The summed E-state index contributed by atoms with van der Waals surface area (Å²) in [6.07, 6.45) is 2.19.